The zero-order valence-corrected chi connectivity index (χ0v) is 49.9. The summed E-state index contributed by atoms with van der Waals surface area (Å²) in [5.74, 6) is 2.97. The van der Waals surface area contributed by atoms with E-state index in [1.807, 2.05) is 84.9 Å². The smallest absolute Gasteiger partial charge is 0.178 e. The third-order valence-corrected chi connectivity index (χ3v) is 25.6. The van der Waals surface area contributed by atoms with Gasteiger partial charge in [0.15, 0.2) is 19.7 Å². The molecule has 6 saturated carbocycles. The van der Waals surface area contributed by atoms with E-state index in [1.165, 1.54) is 86.5 Å². The van der Waals surface area contributed by atoms with E-state index in [9.17, 15) is 26.2 Å². The maximum absolute atomic E-state index is 13.9. The summed E-state index contributed by atoms with van der Waals surface area (Å²) >= 11 is 0. The Bertz CT molecular complexity index is 2980. The molecule has 0 saturated heterocycles. The predicted octanol–water partition coefficient (Wildman–Crippen LogP) is 16.1. The Morgan fingerprint density at radius 1 is 0.519 bits per heavy atom. The van der Waals surface area contributed by atoms with Gasteiger partial charge in [-0.25, -0.2) is 16.8 Å². The molecule has 0 bridgehead atoms. The van der Waals surface area contributed by atoms with Crippen molar-refractivity contribution in [3.05, 3.63) is 181 Å². The molecule has 4 N–H and O–H groups in total. The van der Waals surface area contributed by atoms with Crippen LogP contribution in [0.2, 0.25) is 0 Å². The molecule has 0 amide bonds. The average molecular weight is 1160 g/mol. The summed E-state index contributed by atoms with van der Waals surface area (Å²) in [5, 5.41) is 1.87. The third kappa shape index (κ3) is 17.0. The second-order valence-electron chi connectivity index (χ2n) is 23.8. The van der Waals surface area contributed by atoms with Crippen LogP contribution in [0.25, 0.3) is 0 Å². The largest absolute Gasteiger partial charge is 0.412 e. The van der Waals surface area contributed by atoms with Crippen molar-refractivity contribution in [3.63, 3.8) is 0 Å². The van der Waals surface area contributed by atoms with Crippen LogP contribution in [0.4, 0.5) is 0 Å². The van der Waals surface area contributed by atoms with Gasteiger partial charge in [-0.1, -0.05) is 174 Å². The highest BCUT2D eigenvalue weighted by Crippen LogP contribution is 2.59. The lowest BCUT2D eigenvalue weighted by molar-refractivity contribution is -0.129. The standard InChI is InChI=1S/C28H38O2S.C21H23OP.C19H26O3S.2CH4.2H2O/c1-22-10-6-7-11-23(22)16-17-24-12-8-20-28(2)25(18-19-27(24)28)13-9-21-31(29,30)26-14-4-3-5-15-26;1-18-10-8-9-11-19(18)16-17-23(22,20-12-4-2-5-13-20)21-14-6-3-7-15-21;1-19-13-5-10-18(20)17(19)12-11-15(19)7-6-14-23(21,22)16-8-3-2-4-9-16;;;;/h3-5,14-17,25,27H,1,6-13,18-21H2,2H3;2-7,12-16H,1,8-11,17H2;2-4,8-9,15,17H,5-7,10-14H2,1H3;2*1H4;2*1H2/b23-16-,24-17+;19-16-;;;;;/t25?,27-,28+;;15?,17-,19+;;;;/m0.0..../s1. The van der Waals surface area contributed by atoms with Crippen LogP contribution in [-0.2, 0) is 29.0 Å². The molecule has 6 aliphatic carbocycles. The molecule has 4 aromatic rings. The SMILES string of the molecule is C.C.C=C1CCCC/C1=C/C=C1\CCC[C@]2(C)C(CCCS(=O)(=O)c3ccccc3)CC[C@@H]12.C=C1CCCC/C1=C/CP(=O)(c1ccccc1)c1ccccc1.C[C@]12CCCC(=O)[C@@H]1CCC2CCCS(=O)(=O)c1ccccc1.O.O. The van der Waals surface area contributed by atoms with Gasteiger partial charge in [0.25, 0.3) is 0 Å². The van der Waals surface area contributed by atoms with E-state index in [1.54, 1.807) is 42.0 Å². The van der Waals surface area contributed by atoms with Crippen LogP contribution in [0.5, 0.6) is 0 Å². The van der Waals surface area contributed by atoms with Gasteiger partial charge in [-0.2, -0.15) is 0 Å². The van der Waals surface area contributed by atoms with Crippen molar-refractivity contribution in [2.75, 3.05) is 17.7 Å². The Morgan fingerprint density at radius 3 is 1.40 bits per heavy atom. The summed E-state index contributed by atoms with van der Waals surface area (Å²) in [5.41, 5.74) is 7.43. The minimum atomic E-state index is -3.18. The van der Waals surface area contributed by atoms with E-state index >= 15 is 0 Å². The van der Waals surface area contributed by atoms with Crippen molar-refractivity contribution in [2.24, 2.45) is 34.5 Å². The van der Waals surface area contributed by atoms with Crippen molar-refractivity contribution in [2.45, 2.75) is 180 Å². The van der Waals surface area contributed by atoms with E-state index in [2.05, 4.69) is 45.2 Å². The number of rotatable bonds is 15. The molecule has 6 atom stereocenters. The molecule has 11 heteroatoms. The number of benzene rings is 4. The predicted molar refractivity (Wildman–Crippen MR) is 342 cm³/mol. The van der Waals surface area contributed by atoms with Gasteiger partial charge in [0.2, 0.25) is 0 Å². The molecule has 0 heterocycles. The van der Waals surface area contributed by atoms with Gasteiger partial charge in [-0.15, -0.1) is 0 Å². The molecule has 6 aliphatic rings. The number of fused-ring (bicyclic) bond motifs is 2. The van der Waals surface area contributed by atoms with Gasteiger partial charge in [0.05, 0.1) is 21.3 Å². The van der Waals surface area contributed by atoms with Gasteiger partial charge in [0, 0.05) is 29.1 Å². The Labute approximate surface area is 490 Å². The van der Waals surface area contributed by atoms with Crippen LogP contribution in [0, 0.1) is 34.5 Å². The number of carbonyl (C=O) groups excluding carboxylic acids is 1. The van der Waals surface area contributed by atoms with Crippen molar-refractivity contribution in [1.82, 2.24) is 0 Å². The first-order chi connectivity index (χ1) is 37.0. The number of allylic oxidation sites excluding steroid dienone is 8. The number of Topliss-reactive ketones (excluding diaryl/α,β-unsaturated/α-hetero) is 1. The van der Waals surface area contributed by atoms with Gasteiger partial charge in [-0.05, 0) is 199 Å². The van der Waals surface area contributed by atoms with Crippen molar-refractivity contribution in [1.29, 1.82) is 0 Å². The second-order valence-corrected chi connectivity index (χ2v) is 30.9. The molecular formula is C70H99O8PS2. The normalized spacial score (nSPS) is 26.0. The minimum Gasteiger partial charge on any atom is -0.412 e. The Kier molecular flexibility index (Phi) is 26.6. The molecule has 0 aliphatic heterocycles. The maximum atomic E-state index is 13.9. The van der Waals surface area contributed by atoms with E-state index in [4.69, 9.17) is 0 Å². The van der Waals surface area contributed by atoms with Gasteiger partial charge < -0.3 is 15.5 Å². The van der Waals surface area contributed by atoms with Crippen molar-refractivity contribution < 1.29 is 37.1 Å². The number of sulfone groups is 2. The second kappa shape index (κ2) is 31.3. The highest BCUT2D eigenvalue weighted by atomic mass is 32.2. The first-order valence-electron chi connectivity index (χ1n) is 29.3. The highest BCUT2D eigenvalue weighted by Gasteiger charge is 2.51. The molecule has 444 valence electrons. The molecule has 0 aromatic heterocycles. The number of carbonyl (C=O) groups is 1. The molecule has 0 radical (unpaired) electrons. The van der Waals surface area contributed by atoms with Gasteiger partial charge in [-0.3, -0.25) is 4.79 Å². The zero-order valence-electron chi connectivity index (χ0n) is 47.4. The van der Waals surface area contributed by atoms with E-state index in [0.29, 0.717) is 51.3 Å². The van der Waals surface area contributed by atoms with Crippen LogP contribution in [-0.4, -0.2) is 51.2 Å². The summed E-state index contributed by atoms with van der Waals surface area (Å²) in [4.78, 5) is 13.0. The quantitative estimate of drug-likeness (QED) is 0.107. The fourth-order valence-corrected chi connectivity index (χ4v) is 19.6. The van der Waals surface area contributed by atoms with Crippen molar-refractivity contribution in [3.8, 4) is 0 Å². The van der Waals surface area contributed by atoms with E-state index < -0.39 is 26.8 Å². The molecule has 8 nitrogen and oxygen atoms in total. The summed E-state index contributed by atoms with van der Waals surface area (Å²) < 4.78 is 63.9. The lowest BCUT2D eigenvalue weighted by atomic mass is 9.63. The number of ketones is 1. The van der Waals surface area contributed by atoms with Crippen LogP contribution in [0.1, 0.15) is 170 Å². The zero-order chi connectivity index (χ0) is 54.5. The van der Waals surface area contributed by atoms with E-state index in [-0.39, 0.29) is 48.6 Å². The fraction of sp³-hybridized carbons (Fsp3) is 0.500. The van der Waals surface area contributed by atoms with Crippen LogP contribution in [0.15, 0.2) is 190 Å². The Balaban J connectivity index is 0.000000259. The van der Waals surface area contributed by atoms with Crippen LogP contribution in [0.3, 0.4) is 0 Å². The van der Waals surface area contributed by atoms with Gasteiger partial charge in [0.1, 0.15) is 12.9 Å². The Hall–Kier alpha value is -4.70. The highest BCUT2D eigenvalue weighted by molar-refractivity contribution is 7.91. The topological polar surface area (TPSA) is 165 Å². The molecular weight excluding hydrogens is 1060 g/mol. The van der Waals surface area contributed by atoms with Gasteiger partial charge >= 0.3 is 0 Å². The monoisotopic (exact) mass is 1160 g/mol. The van der Waals surface area contributed by atoms with Crippen LogP contribution >= 0.6 is 7.14 Å². The average Bonchev–Trinajstić information content (AvgIpc) is 3.97. The maximum Gasteiger partial charge on any atom is 0.178 e. The lowest BCUT2D eigenvalue weighted by Gasteiger charge is -2.42. The van der Waals surface area contributed by atoms with Crippen LogP contribution < -0.4 is 10.6 Å². The van der Waals surface area contributed by atoms with Crippen molar-refractivity contribution >= 4 is 43.2 Å². The molecule has 2 unspecified atom stereocenters. The lowest BCUT2D eigenvalue weighted by Crippen LogP contribution is -2.37. The summed E-state index contributed by atoms with van der Waals surface area (Å²) in [6.07, 6.45) is 31.8. The minimum absolute atomic E-state index is 0. The first kappa shape index (κ1) is 68.8. The summed E-state index contributed by atoms with van der Waals surface area (Å²) in [6.45, 7) is 13.2. The third-order valence-electron chi connectivity index (χ3n) is 19.1. The summed E-state index contributed by atoms with van der Waals surface area (Å²) in [7, 11) is -8.98. The Morgan fingerprint density at radius 2 is 0.926 bits per heavy atom. The number of hydrogen-bond donors (Lipinski definition) is 0. The molecule has 6 fully saturated rings. The fourth-order valence-electron chi connectivity index (χ4n) is 14.4. The number of hydrogen-bond acceptors (Lipinski definition) is 6. The molecule has 81 heavy (non-hydrogen) atoms. The first-order valence-corrected chi connectivity index (χ1v) is 34.5. The van der Waals surface area contributed by atoms with E-state index in [0.717, 1.165) is 81.2 Å². The molecule has 4 aromatic carbocycles. The molecule has 0 spiro atoms. The molecule has 10 rings (SSSR count). The summed E-state index contributed by atoms with van der Waals surface area (Å²) in [6, 6.07) is 37.4.